The molecule has 0 saturated heterocycles. The number of rotatable bonds is 6. The number of nitrogens with two attached hydrogens (primary N) is 1. The van der Waals surface area contributed by atoms with Crippen LogP contribution >= 0.6 is 0 Å². The van der Waals surface area contributed by atoms with Crippen LogP contribution in [0.2, 0.25) is 0 Å². The third-order valence-electron chi connectivity index (χ3n) is 4.96. The van der Waals surface area contributed by atoms with Gasteiger partial charge < -0.3 is 4.74 Å². The van der Waals surface area contributed by atoms with Gasteiger partial charge in [0.25, 0.3) is 0 Å². The van der Waals surface area contributed by atoms with E-state index in [9.17, 15) is 0 Å². The summed E-state index contributed by atoms with van der Waals surface area (Å²) in [5, 5.41) is 0. The predicted octanol–water partition coefficient (Wildman–Crippen LogP) is 4.05. The van der Waals surface area contributed by atoms with Gasteiger partial charge >= 0.3 is 0 Å². The maximum absolute atomic E-state index is 5.89. The van der Waals surface area contributed by atoms with E-state index in [1.165, 1.54) is 31.2 Å². The number of hydrogen-bond donors (Lipinski definition) is 2. The van der Waals surface area contributed by atoms with Crippen LogP contribution in [-0.4, -0.2) is 6.61 Å². The van der Waals surface area contributed by atoms with Crippen molar-refractivity contribution in [3.63, 3.8) is 0 Å². The number of benzene rings is 1. The van der Waals surface area contributed by atoms with E-state index in [1.807, 2.05) is 19.1 Å². The van der Waals surface area contributed by atoms with Crippen molar-refractivity contribution in [1.82, 2.24) is 5.43 Å². The Hall–Kier alpha value is -1.06. The van der Waals surface area contributed by atoms with Gasteiger partial charge in [0.15, 0.2) is 0 Å². The largest absolute Gasteiger partial charge is 0.494 e. The van der Waals surface area contributed by atoms with Gasteiger partial charge in [-0.05, 0) is 56.4 Å². The van der Waals surface area contributed by atoms with Crippen molar-refractivity contribution >= 4 is 0 Å². The molecule has 0 aromatic heterocycles. The minimum Gasteiger partial charge on any atom is -0.494 e. The van der Waals surface area contributed by atoms with Crippen LogP contribution in [0.3, 0.4) is 0 Å². The summed E-state index contributed by atoms with van der Waals surface area (Å²) in [5.41, 5.74) is 4.25. The zero-order chi connectivity index (χ0) is 15.2. The molecule has 21 heavy (non-hydrogen) atoms. The Labute approximate surface area is 129 Å². The Morgan fingerprint density at radius 3 is 2.33 bits per heavy atom. The Morgan fingerprint density at radius 2 is 1.76 bits per heavy atom. The van der Waals surface area contributed by atoms with E-state index >= 15 is 0 Å². The second-order valence-electron chi connectivity index (χ2n) is 6.53. The molecule has 1 aliphatic carbocycles. The highest BCUT2D eigenvalue weighted by atomic mass is 16.5. The molecule has 1 unspecified atom stereocenters. The summed E-state index contributed by atoms with van der Waals surface area (Å²) in [6.45, 7) is 7.39. The van der Waals surface area contributed by atoms with Crippen LogP contribution < -0.4 is 16.0 Å². The number of ether oxygens (including phenoxy) is 1. The lowest BCUT2D eigenvalue weighted by atomic mass is 9.73. The van der Waals surface area contributed by atoms with Crippen molar-refractivity contribution < 1.29 is 4.74 Å². The molecular weight excluding hydrogens is 260 g/mol. The van der Waals surface area contributed by atoms with Crippen LogP contribution in [0.15, 0.2) is 24.3 Å². The maximum Gasteiger partial charge on any atom is 0.124 e. The summed E-state index contributed by atoms with van der Waals surface area (Å²) in [5.74, 6) is 9.13. The number of para-hydroxylation sites is 1. The van der Waals surface area contributed by atoms with Gasteiger partial charge in [0.1, 0.15) is 5.75 Å². The average molecular weight is 290 g/mol. The van der Waals surface area contributed by atoms with E-state index < -0.39 is 0 Å². The van der Waals surface area contributed by atoms with Crippen molar-refractivity contribution in [3.8, 4) is 5.75 Å². The van der Waals surface area contributed by atoms with Crippen molar-refractivity contribution in [3.05, 3.63) is 29.8 Å². The van der Waals surface area contributed by atoms with E-state index in [1.54, 1.807) is 0 Å². The zero-order valence-corrected chi connectivity index (χ0v) is 13.6. The molecule has 1 fully saturated rings. The highest BCUT2D eigenvalue weighted by molar-refractivity contribution is 5.36. The zero-order valence-electron chi connectivity index (χ0n) is 13.6. The van der Waals surface area contributed by atoms with Gasteiger partial charge in [-0.25, -0.2) is 0 Å². The summed E-state index contributed by atoms with van der Waals surface area (Å²) >= 11 is 0. The molecular formula is C18H30N2O. The van der Waals surface area contributed by atoms with Gasteiger partial charge in [0.05, 0.1) is 12.6 Å². The minimum atomic E-state index is 0.195. The first-order valence-electron chi connectivity index (χ1n) is 8.35. The number of hydrogen-bond acceptors (Lipinski definition) is 3. The van der Waals surface area contributed by atoms with Crippen molar-refractivity contribution in [2.45, 2.75) is 52.5 Å². The Morgan fingerprint density at radius 1 is 1.14 bits per heavy atom. The maximum atomic E-state index is 5.89. The molecule has 3 N–H and O–H groups in total. The molecule has 0 aliphatic heterocycles. The van der Waals surface area contributed by atoms with Crippen molar-refractivity contribution in [2.75, 3.05) is 6.61 Å². The van der Waals surface area contributed by atoms with E-state index in [4.69, 9.17) is 10.6 Å². The van der Waals surface area contributed by atoms with Gasteiger partial charge in [-0.1, -0.05) is 32.0 Å². The normalized spacial score (nSPS) is 24.0. The van der Waals surface area contributed by atoms with E-state index in [0.717, 1.165) is 17.6 Å². The van der Waals surface area contributed by atoms with Crippen molar-refractivity contribution in [2.24, 2.45) is 23.6 Å². The van der Waals surface area contributed by atoms with Gasteiger partial charge in [0, 0.05) is 5.56 Å². The summed E-state index contributed by atoms with van der Waals surface area (Å²) in [7, 11) is 0. The highest BCUT2D eigenvalue weighted by Crippen LogP contribution is 2.41. The Bertz CT molecular complexity index is 425. The Kier molecular flexibility index (Phi) is 6.07. The topological polar surface area (TPSA) is 47.3 Å². The van der Waals surface area contributed by atoms with Gasteiger partial charge in [-0.2, -0.15) is 0 Å². The molecule has 0 spiro atoms. The Balaban J connectivity index is 2.10. The predicted molar refractivity (Wildman–Crippen MR) is 88.0 cm³/mol. The first-order valence-corrected chi connectivity index (χ1v) is 8.35. The third-order valence-corrected chi connectivity index (χ3v) is 4.96. The molecule has 3 nitrogen and oxygen atoms in total. The number of nitrogens with one attached hydrogen (secondary N) is 1. The molecule has 1 aromatic rings. The fourth-order valence-electron chi connectivity index (χ4n) is 3.65. The van der Waals surface area contributed by atoms with E-state index in [0.29, 0.717) is 12.5 Å². The molecule has 1 aromatic carbocycles. The van der Waals surface area contributed by atoms with Crippen LogP contribution in [0.4, 0.5) is 0 Å². The lowest BCUT2D eigenvalue weighted by molar-refractivity contribution is 0.187. The summed E-state index contributed by atoms with van der Waals surface area (Å²) in [4.78, 5) is 0. The second-order valence-corrected chi connectivity index (χ2v) is 6.53. The molecule has 1 saturated carbocycles. The molecule has 1 atom stereocenters. The second kappa shape index (κ2) is 7.81. The van der Waals surface area contributed by atoms with E-state index in [-0.39, 0.29) is 6.04 Å². The summed E-state index contributed by atoms with van der Waals surface area (Å²) in [6, 6.07) is 8.48. The molecule has 0 heterocycles. The van der Waals surface area contributed by atoms with Crippen LogP contribution in [0.25, 0.3) is 0 Å². The van der Waals surface area contributed by atoms with Crippen LogP contribution in [0.1, 0.15) is 58.1 Å². The SMILES string of the molecule is CCOc1ccccc1C(NN)C1CCC(C(C)C)CC1. The molecule has 118 valence electrons. The first kappa shape index (κ1) is 16.3. The molecule has 0 radical (unpaired) electrons. The first-order chi connectivity index (χ1) is 10.2. The fraction of sp³-hybridized carbons (Fsp3) is 0.667. The van der Waals surface area contributed by atoms with Crippen LogP contribution in [0, 0.1) is 17.8 Å². The monoisotopic (exact) mass is 290 g/mol. The standard InChI is InChI=1S/C18H30N2O/c1-4-21-17-8-6-5-7-16(17)18(20-19)15-11-9-14(10-12-15)13(2)3/h5-8,13-15,18,20H,4,9-12,19H2,1-3H3. The third kappa shape index (κ3) is 3.98. The molecule has 0 amide bonds. The van der Waals surface area contributed by atoms with E-state index in [2.05, 4.69) is 31.4 Å². The smallest absolute Gasteiger partial charge is 0.124 e. The quantitative estimate of drug-likeness (QED) is 0.613. The van der Waals surface area contributed by atoms with Crippen LogP contribution in [0.5, 0.6) is 5.75 Å². The van der Waals surface area contributed by atoms with Gasteiger partial charge in [-0.3, -0.25) is 11.3 Å². The summed E-state index contributed by atoms with van der Waals surface area (Å²) < 4.78 is 5.77. The number of hydrazine groups is 1. The molecule has 0 bridgehead atoms. The minimum absolute atomic E-state index is 0.195. The molecule has 1 aliphatic rings. The lowest BCUT2D eigenvalue weighted by Crippen LogP contribution is -2.36. The molecule has 2 rings (SSSR count). The lowest BCUT2D eigenvalue weighted by Gasteiger charge is -2.35. The summed E-state index contributed by atoms with van der Waals surface area (Å²) in [6.07, 6.45) is 5.13. The van der Waals surface area contributed by atoms with Crippen LogP contribution in [-0.2, 0) is 0 Å². The van der Waals surface area contributed by atoms with Crippen molar-refractivity contribution in [1.29, 1.82) is 0 Å². The highest BCUT2D eigenvalue weighted by Gasteiger charge is 2.30. The van der Waals surface area contributed by atoms with Gasteiger partial charge in [-0.15, -0.1) is 0 Å². The molecule has 3 heteroatoms. The average Bonchev–Trinajstić information content (AvgIpc) is 2.50. The fourth-order valence-corrected chi connectivity index (χ4v) is 3.65. The van der Waals surface area contributed by atoms with Gasteiger partial charge in [0.2, 0.25) is 0 Å².